The minimum Gasteiger partial charge on any atom is -0.385 e. The van der Waals surface area contributed by atoms with E-state index in [-0.39, 0.29) is 5.91 Å². The highest BCUT2D eigenvalue weighted by atomic mass is 32.2. The second kappa shape index (κ2) is 8.78. The Balaban J connectivity index is 1.90. The van der Waals surface area contributed by atoms with E-state index in [1.165, 1.54) is 6.26 Å². The number of carbonyl (C=O) groups excluding carboxylic acids is 1. The fraction of sp³-hybridized carbons (Fsp3) is 0.611. The zero-order valence-corrected chi connectivity index (χ0v) is 15.8. The Kier molecular flexibility index (Phi) is 6.98. The molecular weight excluding hydrogens is 340 g/mol. The van der Waals surface area contributed by atoms with E-state index >= 15 is 0 Å². The van der Waals surface area contributed by atoms with Crippen LogP contribution in [0.3, 0.4) is 0 Å². The third-order valence-electron chi connectivity index (χ3n) is 4.73. The number of amides is 1. The molecule has 1 aliphatic rings. The van der Waals surface area contributed by atoms with Gasteiger partial charge in [0.1, 0.15) is 0 Å². The maximum Gasteiger partial charge on any atom is 0.222 e. The van der Waals surface area contributed by atoms with Crippen LogP contribution in [0.2, 0.25) is 0 Å². The van der Waals surface area contributed by atoms with Crippen LogP contribution in [-0.2, 0) is 26.0 Å². The summed E-state index contributed by atoms with van der Waals surface area (Å²) < 4.78 is 31.3. The second-order valence-electron chi connectivity index (χ2n) is 6.76. The van der Waals surface area contributed by atoms with Gasteiger partial charge in [-0.2, -0.15) is 0 Å². The average Bonchev–Trinajstić information content (AvgIpc) is 2.58. The minimum atomic E-state index is -3.31. The van der Waals surface area contributed by atoms with Crippen molar-refractivity contribution in [2.45, 2.75) is 37.6 Å². The van der Waals surface area contributed by atoms with E-state index in [2.05, 4.69) is 4.72 Å². The number of methoxy groups -OCH3 is 1. The molecule has 25 heavy (non-hydrogen) atoms. The molecule has 7 heteroatoms. The fourth-order valence-electron chi connectivity index (χ4n) is 3.33. The summed E-state index contributed by atoms with van der Waals surface area (Å²) >= 11 is 0. The van der Waals surface area contributed by atoms with Gasteiger partial charge in [0.15, 0.2) is 0 Å². The number of piperidine rings is 1. The van der Waals surface area contributed by atoms with Gasteiger partial charge in [-0.3, -0.25) is 4.79 Å². The smallest absolute Gasteiger partial charge is 0.222 e. The average molecular weight is 368 g/mol. The van der Waals surface area contributed by atoms with Crippen LogP contribution in [-0.4, -0.2) is 57.8 Å². The third kappa shape index (κ3) is 6.41. The Morgan fingerprint density at radius 1 is 1.24 bits per heavy atom. The van der Waals surface area contributed by atoms with Crippen molar-refractivity contribution in [3.05, 3.63) is 35.9 Å². The first kappa shape index (κ1) is 19.9. The fourth-order valence-corrected chi connectivity index (χ4v) is 4.42. The molecule has 0 aliphatic carbocycles. The van der Waals surface area contributed by atoms with Crippen molar-refractivity contribution in [2.24, 2.45) is 0 Å². The Bertz CT molecular complexity index is 653. The standard InChI is InChI=1S/C18H28N2O4S/c1-24-15-12-18(19-25(2,22)23)10-13-20(14-11-18)17(21)9-8-16-6-4-3-5-7-16/h3-7,19H,8-15H2,1-2H3. The normalized spacial score (nSPS) is 17.4. The van der Waals surface area contributed by atoms with Crippen molar-refractivity contribution >= 4 is 15.9 Å². The number of rotatable bonds is 8. The number of benzene rings is 1. The van der Waals surface area contributed by atoms with Gasteiger partial charge in [-0.05, 0) is 31.2 Å². The summed E-state index contributed by atoms with van der Waals surface area (Å²) in [5, 5.41) is 0. The van der Waals surface area contributed by atoms with E-state index in [4.69, 9.17) is 4.74 Å². The second-order valence-corrected chi connectivity index (χ2v) is 8.51. The highest BCUT2D eigenvalue weighted by Gasteiger charge is 2.37. The number of hydrogen-bond donors (Lipinski definition) is 1. The molecule has 1 N–H and O–H groups in total. The number of ether oxygens (including phenoxy) is 1. The molecule has 2 rings (SSSR count). The Hall–Kier alpha value is -1.44. The van der Waals surface area contributed by atoms with E-state index in [0.717, 1.165) is 12.0 Å². The van der Waals surface area contributed by atoms with Crippen LogP contribution in [0.25, 0.3) is 0 Å². The molecule has 1 aromatic rings. The molecule has 0 bridgehead atoms. The lowest BCUT2D eigenvalue weighted by atomic mass is 9.85. The first-order valence-corrected chi connectivity index (χ1v) is 10.5. The van der Waals surface area contributed by atoms with Gasteiger partial charge in [0.2, 0.25) is 15.9 Å². The summed E-state index contributed by atoms with van der Waals surface area (Å²) in [5.74, 6) is 0.128. The Labute approximate surface area is 150 Å². The van der Waals surface area contributed by atoms with Gasteiger partial charge >= 0.3 is 0 Å². The van der Waals surface area contributed by atoms with E-state index in [0.29, 0.717) is 45.4 Å². The zero-order valence-electron chi connectivity index (χ0n) is 15.0. The molecule has 0 unspecified atom stereocenters. The van der Waals surface area contributed by atoms with Gasteiger partial charge in [-0.1, -0.05) is 30.3 Å². The van der Waals surface area contributed by atoms with Crippen LogP contribution in [0.5, 0.6) is 0 Å². The highest BCUT2D eigenvalue weighted by Crippen LogP contribution is 2.27. The molecule has 0 saturated carbocycles. The summed E-state index contributed by atoms with van der Waals surface area (Å²) in [7, 11) is -1.70. The molecule has 1 saturated heterocycles. The van der Waals surface area contributed by atoms with E-state index < -0.39 is 15.6 Å². The lowest BCUT2D eigenvalue weighted by Gasteiger charge is -2.42. The molecule has 1 heterocycles. The maximum atomic E-state index is 12.4. The van der Waals surface area contributed by atoms with Crippen LogP contribution in [0.1, 0.15) is 31.2 Å². The van der Waals surface area contributed by atoms with Gasteiger partial charge in [0.05, 0.1) is 6.26 Å². The lowest BCUT2D eigenvalue weighted by Crippen LogP contribution is -2.56. The molecule has 1 amide bonds. The lowest BCUT2D eigenvalue weighted by molar-refractivity contribution is -0.132. The van der Waals surface area contributed by atoms with Gasteiger partial charge < -0.3 is 9.64 Å². The number of likely N-dealkylation sites (tertiary alicyclic amines) is 1. The van der Waals surface area contributed by atoms with Crippen molar-refractivity contribution in [3.63, 3.8) is 0 Å². The predicted molar refractivity (Wildman–Crippen MR) is 97.8 cm³/mol. The number of carbonyl (C=O) groups is 1. The molecule has 6 nitrogen and oxygen atoms in total. The quantitative estimate of drug-likeness (QED) is 0.756. The number of hydrogen-bond acceptors (Lipinski definition) is 4. The van der Waals surface area contributed by atoms with E-state index in [1.54, 1.807) is 7.11 Å². The molecular formula is C18H28N2O4S. The number of nitrogens with zero attached hydrogens (tertiary/aromatic N) is 1. The highest BCUT2D eigenvalue weighted by molar-refractivity contribution is 7.88. The van der Waals surface area contributed by atoms with Gasteiger partial charge in [-0.25, -0.2) is 13.1 Å². The van der Waals surface area contributed by atoms with Crippen molar-refractivity contribution in [1.29, 1.82) is 0 Å². The van der Waals surface area contributed by atoms with Crippen LogP contribution in [0.15, 0.2) is 30.3 Å². The summed E-state index contributed by atoms with van der Waals surface area (Å²) in [4.78, 5) is 14.3. The number of aryl methyl sites for hydroxylation is 1. The van der Waals surface area contributed by atoms with E-state index in [1.807, 2.05) is 35.2 Å². The Morgan fingerprint density at radius 2 is 1.88 bits per heavy atom. The Morgan fingerprint density at radius 3 is 2.44 bits per heavy atom. The van der Waals surface area contributed by atoms with Crippen LogP contribution >= 0.6 is 0 Å². The molecule has 1 fully saturated rings. The van der Waals surface area contributed by atoms with Crippen LogP contribution in [0.4, 0.5) is 0 Å². The monoisotopic (exact) mass is 368 g/mol. The summed E-state index contributed by atoms with van der Waals surface area (Å²) in [5.41, 5.74) is 0.640. The van der Waals surface area contributed by atoms with Crippen molar-refractivity contribution in [3.8, 4) is 0 Å². The maximum absolute atomic E-state index is 12.4. The first-order valence-electron chi connectivity index (χ1n) is 8.63. The predicted octanol–water partition coefficient (Wildman–Crippen LogP) is 1.57. The topological polar surface area (TPSA) is 75.7 Å². The molecule has 1 aliphatic heterocycles. The third-order valence-corrected chi connectivity index (χ3v) is 5.53. The molecule has 0 aromatic heterocycles. The van der Waals surface area contributed by atoms with Crippen LogP contribution < -0.4 is 4.72 Å². The van der Waals surface area contributed by atoms with Crippen molar-refractivity contribution < 1.29 is 17.9 Å². The first-order chi connectivity index (χ1) is 11.8. The minimum absolute atomic E-state index is 0.128. The van der Waals surface area contributed by atoms with Gasteiger partial charge in [0, 0.05) is 38.8 Å². The summed E-state index contributed by atoms with van der Waals surface area (Å²) in [6, 6.07) is 9.96. The largest absolute Gasteiger partial charge is 0.385 e. The molecule has 0 spiro atoms. The number of sulfonamides is 1. The zero-order chi connectivity index (χ0) is 18.3. The molecule has 0 atom stereocenters. The van der Waals surface area contributed by atoms with Gasteiger partial charge in [0.25, 0.3) is 0 Å². The summed E-state index contributed by atoms with van der Waals surface area (Å²) in [6.45, 7) is 1.63. The van der Waals surface area contributed by atoms with Crippen LogP contribution in [0, 0.1) is 0 Å². The van der Waals surface area contributed by atoms with Crippen molar-refractivity contribution in [2.75, 3.05) is 33.1 Å². The number of nitrogens with one attached hydrogen (secondary N) is 1. The van der Waals surface area contributed by atoms with E-state index in [9.17, 15) is 13.2 Å². The molecule has 0 radical (unpaired) electrons. The molecule has 1 aromatic carbocycles. The summed E-state index contributed by atoms with van der Waals surface area (Å²) in [6.07, 6.45) is 4.23. The SMILES string of the molecule is COCCC1(NS(C)(=O)=O)CCN(C(=O)CCc2ccccc2)CC1. The van der Waals surface area contributed by atoms with Crippen molar-refractivity contribution in [1.82, 2.24) is 9.62 Å². The van der Waals surface area contributed by atoms with Gasteiger partial charge in [-0.15, -0.1) is 0 Å². The molecule has 140 valence electrons.